The molecule has 6 nitrogen and oxygen atoms in total. The summed E-state index contributed by atoms with van der Waals surface area (Å²) in [4.78, 5) is 15.1. The van der Waals surface area contributed by atoms with E-state index in [1.807, 2.05) is 6.07 Å². The van der Waals surface area contributed by atoms with Crippen molar-refractivity contribution < 1.29 is 27.8 Å². The fourth-order valence-corrected chi connectivity index (χ4v) is 2.12. The molecule has 28 heavy (non-hydrogen) atoms. The molecule has 0 spiro atoms. The van der Waals surface area contributed by atoms with Crippen molar-refractivity contribution >= 4 is 17.3 Å². The molecule has 2 aromatic rings. The van der Waals surface area contributed by atoms with Gasteiger partial charge in [-0.05, 0) is 43.3 Å². The number of hydrogen-bond acceptors (Lipinski definition) is 4. The normalized spacial score (nSPS) is 13.0. The van der Waals surface area contributed by atoms with Gasteiger partial charge in [-0.2, -0.15) is 18.4 Å². The van der Waals surface area contributed by atoms with Crippen LogP contribution in [0.3, 0.4) is 0 Å². The first kappa shape index (κ1) is 20.7. The van der Waals surface area contributed by atoms with E-state index in [0.717, 1.165) is 19.1 Å². The molecule has 0 aliphatic rings. The molecular weight excluding hydrogens is 377 g/mol. The largest absolute Gasteiger partial charge is 0.490 e. The van der Waals surface area contributed by atoms with Crippen LogP contribution >= 0.6 is 0 Å². The second-order valence-corrected chi connectivity index (χ2v) is 5.99. The standard InChI is InChI=1S/C19H14F3N3O3/c1-18(27,11-28-14-6-3-12(10-23)4-7-14)17(26)25-13-5-8-16(24-2)15(9-13)19(20,21)22/h3-9,27H,11H2,1H3,(H,25,26)/t18-/m0/s1/i2+1,24+1. The summed E-state index contributed by atoms with van der Waals surface area (Å²) in [7, 11) is 0. The van der Waals surface area contributed by atoms with Gasteiger partial charge in [-0.1, -0.05) is 6.07 Å². The van der Waals surface area contributed by atoms with Gasteiger partial charge in [0.25, 0.3) is 5.91 Å². The Morgan fingerprint density at radius 3 is 2.46 bits per heavy atom. The molecule has 0 radical (unpaired) electrons. The van der Waals surface area contributed by atoms with Crippen LogP contribution in [0.1, 0.15) is 18.1 Å². The lowest BCUT2D eigenvalue weighted by Gasteiger charge is -2.23. The summed E-state index contributed by atoms with van der Waals surface area (Å²) in [5, 5.41) is 21.2. The van der Waals surface area contributed by atoms with Crippen molar-refractivity contribution in [1.82, 2.24) is 0 Å². The van der Waals surface area contributed by atoms with Crippen LogP contribution in [0.4, 0.5) is 24.5 Å². The smallest absolute Gasteiger partial charge is 0.407 e. The predicted molar refractivity (Wildman–Crippen MR) is 93.6 cm³/mol. The summed E-state index contributed by atoms with van der Waals surface area (Å²) in [6.45, 7) is 7.47. The average molecular weight is 391 g/mol. The molecule has 2 rings (SSSR count). The minimum Gasteiger partial charge on any atom is -0.490 e. The van der Waals surface area contributed by atoms with Gasteiger partial charge in [-0.3, -0.25) is 4.79 Å². The lowest BCUT2D eigenvalue weighted by atomic mass is 10.1. The predicted octanol–water partition coefficient (Wildman–Crippen LogP) is 3.90. The molecule has 144 valence electrons. The maximum absolute atomic E-state index is 13.0. The minimum atomic E-state index is -4.76. The van der Waals surface area contributed by atoms with E-state index in [-0.39, 0.29) is 5.69 Å². The topological polar surface area (TPSA) is 86.7 Å². The number of carbonyl (C=O) groups is 1. The van der Waals surface area contributed by atoms with Crippen molar-refractivity contribution in [3.8, 4) is 11.8 Å². The van der Waals surface area contributed by atoms with Gasteiger partial charge in [0.1, 0.15) is 12.4 Å². The first-order chi connectivity index (χ1) is 13.1. The molecule has 0 saturated heterocycles. The quantitative estimate of drug-likeness (QED) is 0.460. The highest BCUT2D eigenvalue weighted by atomic mass is 19.4. The Labute approximate surface area is 158 Å². The Morgan fingerprint density at radius 2 is 1.93 bits per heavy atom. The lowest BCUT2D eigenvalue weighted by molar-refractivity contribution is -0.137. The first-order valence-electron chi connectivity index (χ1n) is 7.82. The molecule has 0 heterocycles. The highest BCUT2D eigenvalue weighted by Crippen LogP contribution is 2.38. The molecule has 0 bridgehead atoms. The Morgan fingerprint density at radius 1 is 1.29 bits per heavy atom. The molecule has 0 aliphatic carbocycles. The summed E-state index contributed by atoms with van der Waals surface area (Å²) in [5.74, 6) is -0.683. The fourth-order valence-electron chi connectivity index (χ4n) is 2.12. The number of benzene rings is 2. The van der Waals surface area contributed by atoms with Crippen molar-refractivity contribution in [3.05, 3.63) is 65.0 Å². The molecule has 0 aromatic heterocycles. The second kappa shape index (κ2) is 7.99. The van der Waals surface area contributed by atoms with Gasteiger partial charge in [0, 0.05) is 5.69 Å². The van der Waals surface area contributed by atoms with Crippen LogP contribution in [-0.4, -0.2) is 23.2 Å². The summed E-state index contributed by atoms with van der Waals surface area (Å²) < 4.78 is 44.3. The Hall–Kier alpha value is -3.56. The number of alkyl halides is 3. The highest BCUT2D eigenvalue weighted by molar-refractivity contribution is 5.97. The molecule has 9 heteroatoms. The van der Waals surface area contributed by atoms with Crippen LogP contribution in [0, 0.1) is 17.9 Å². The molecule has 0 aliphatic heterocycles. The summed E-state index contributed by atoms with van der Waals surface area (Å²) >= 11 is 0. The third-order valence-electron chi connectivity index (χ3n) is 3.67. The van der Waals surface area contributed by atoms with Crippen molar-refractivity contribution in [3.63, 3.8) is 0 Å². The lowest BCUT2D eigenvalue weighted by Crippen LogP contribution is -2.45. The van der Waals surface area contributed by atoms with E-state index >= 15 is 0 Å². The van der Waals surface area contributed by atoms with Gasteiger partial charge in [0.15, 0.2) is 11.3 Å². The Kier molecular flexibility index (Phi) is 5.92. The van der Waals surface area contributed by atoms with Crippen LogP contribution in [0.25, 0.3) is 4.85 Å². The third-order valence-corrected chi connectivity index (χ3v) is 3.67. The zero-order chi connectivity index (χ0) is 20.9. The zero-order valence-corrected chi connectivity index (χ0v) is 14.5. The second-order valence-electron chi connectivity index (χ2n) is 5.99. The Bertz CT molecular complexity index is 956. The Balaban J connectivity index is 2.10. The van der Waals surface area contributed by atoms with Gasteiger partial charge in [0.05, 0.1) is 23.8 Å². The molecule has 2 N–H and O–H groups in total. The minimum absolute atomic E-state index is 0.219. The van der Waals surface area contributed by atoms with Crippen LogP contribution in [-0.2, 0) is 11.0 Å². The van der Waals surface area contributed by atoms with E-state index in [9.17, 15) is 23.1 Å². The van der Waals surface area contributed by atoms with Gasteiger partial charge >= 0.3 is 6.18 Å². The van der Waals surface area contributed by atoms with Crippen molar-refractivity contribution in [2.24, 2.45) is 0 Å². The van der Waals surface area contributed by atoms with Gasteiger partial charge in [0.2, 0.25) is 0 Å². The molecule has 1 amide bonds. The number of ether oxygens (including phenoxy) is 1. The maximum Gasteiger partial charge on any atom is 0.407 e. The van der Waals surface area contributed by atoms with E-state index in [1.165, 1.54) is 24.3 Å². The molecule has 1 atom stereocenters. The third kappa shape index (κ3) is 5.00. The number of anilines is 1. The van der Waals surface area contributed by atoms with Crippen LogP contribution in [0.15, 0.2) is 42.5 Å². The van der Waals surface area contributed by atoms with Crippen LogP contribution < -0.4 is 10.1 Å². The van der Waals surface area contributed by atoms with Crippen molar-refractivity contribution in [2.75, 3.05) is 11.9 Å². The highest BCUT2D eigenvalue weighted by Gasteiger charge is 2.35. The molecule has 0 fully saturated rings. The number of rotatable bonds is 5. The fraction of sp³-hybridized carbons (Fsp3) is 0.211. The van der Waals surface area contributed by atoms with Crippen molar-refractivity contribution in [2.45, 2.75) is 18.7 Å². The number of aliphatic hydroxyl groups is 1. The van der Waals surface area contributed by atoms with Crippen LogP contribution in [0.5, 0.6) is 5.75 Å². The number of nitriles is 1. The number of amides is 1. The van der Waals surface area contributed by atoms with E-state index in [2.05, 4.69) is 10.2 Å². The van der Waals surface area contributed by atoms with Gasteiger partial charge in [-0.25, -0.2) is 4.85 Å². The molecule has 0 unspecified atom stereocenters. The average Bonchev–Trinajstić information content (AvgIpc) is 2.66. The summed E-state index contributed by atoms with van der Waals surface area (Å²) in [5.41, 5.74) is -3.65. The number of nitrogens with one attached hydrogen (secondary N) is 1. The number of hydrogen-bond donors (Lipinski definition) is 2. The molecular formula is C19H14F3N3O3. The maximum atomic E-state index is 13.0. The zero-order valence-electron chi connectivity index (χ0n) is 14.5. The van der Waals surface area contributed by atoms with Gasteiger partial charge < -0.3 is 15.2 Å². The number of halogens is 3. The number of nitrogens with zero attached hydrogens (tertiary/aromatic N) is 2. The van der Waals surface area contributed by atoms with E-state index in [1.54, 1.807) is 0 Å². The summed E-state index contributed by atoms with van der Waals surface area (Å²) in [6, 6.07) is 10.6. The monoisotopic (exact) mass is 391 g/mol. The number of carbonyl (C=O) groups excluding carboxylic acids is 1. The SMILES string of the molecule is C[C@](O)(COc1ccc(C#N)cc1)C(=O)Nc1ccc([15N+]#[13C-])c(C(F)(F)F)c1. The summed E-state index contributed by atoms with van der Waals surface area (Å²) in [6.07, 6.45) is -4.76. The van der Waals surface area contributed by atoms with E-state index < -0.39 is 35.5 Å². The van der Waals surface area contributed by atoms with Crippen LogP contribution in [0.2, 0.25) is 0 Å². The van der Waals surface area contributed by atoms with E-state index in [0.29, 0.717) is 17.4 Å². The first-order valence-corrected chi connectivity index (χ1v) is 7.82. The van der Waals surface area contributed by atoms with Gasteiger partial charge in [-0.15, -0.1) is 0 Å². The molecule has 2 aromatic carbocycles. The van der Waals surface area contributed by atoms with E-state index in [4.69, 9.17) is 16.6 Å². The van der Waals surface area contributed by atoms with Crippen molar-refractivity contribution in [1.29, 1.82) is 5.26 Å². The molecule has 0 saturated carbocycles.